The molecule has 4 rings (SSSR count). The lowest BCUT2D eigenvalue weighted by molar-refractivity contribution is -0.683. The maximum atomic E-state index is 12.6. The molecule has 2 heterocycles. The molecular formula is C30H30N2O4+2. The third-order valence-corrected chi connectivity index (χ3v) is 5.74. The summed E-state index contributed by atoms with van der Waals surface area (Å²) in [5, 5.41) is 0. The molecule has 0 spiro atoms. The molecule has 2 aromatic carbocycles. The average molecular weight is 483 g/mol. The highest BCUT2D eigenvalue weighted by molar-refractivity contribution is 5.95. The molecule has 6 nitrogen and oxygen atoms in total. The molecule has 0 aliphatic heterocycles. The number of benzene rings is 2. The zero-order valence-corrected chi connectivity index (χ0v) is 20.6. The highest BCUT2D eigenvalue weighted by Crippen LogP contribution is 2.17. The van der Waals surface area contributed by atoms with E-state index in [9.17, 15) is 9.59 Å². The first-order chi connectivity index (χ1) is 17.6. The molecule has 0 bridgehead atoms. The Morgan fingerprint density at radius 1 is 0.556 bits per heavy atom. The van der Waals surface area contributed by atoms with Gasteiger partial charge in [0.15, 0.2) is 24.8 Å². The van der Waals surface area contributed by atoms with Crippen molar-refractivity contribution in [2.45, 2.75) is 26.9 Å². The summed E-state index contributed by atoms with van der Waals surface area (Å²) >= 11 is 0. The zero-order valence-electron chi connectivity index (χ0n) is 20.6. The molecular weight excluding hydrogens is 452 g/mol. The van der Waals surface area contributed by atoms with Crippen molar-refractivity contribution in [1.29, 1.82) is 0 Å². The van der Waals surface area contributed by atoms with Crippen molar-refractivity contribution in [3.63, 3.8) is 0 Å². The van der Waals surface area contributed by atoms with Crippen molar-refractivity contribution in [2.24, 2.45) is 0 Å². The number of aromatic nitrogens is 2. The molecule has 0 saturated heterocycles. The van der Waals surface area contributed by atoms with Crippen LogP contribution in [0.5, 0.6) is 11.5 Å². The second kappa shape index (κ2) is 11.9. The van der Waals surface area contributed by atoms with Gasteiger partial charge in [0, 0.05) is 35.4 Å². The summed E-state index contributed by atoms with van der Waals surface area (Å²) in [4.78, 5) is 25.2. The molecule has 0 radical (unpaired) electrons. The number of nitrogens with zero attached hydrogens (tertiary/aromatic N) is 2. The third kappa shape index (κ3) is 6.42. The van der Waals surface area contributed by atoms with Crippen LogP contribution in [0.25, 0.3) is 11.1 Å². The topological polar surface area (TPSA) is 60.4 Å². The maximum Gasteiger partial charge on any atom is 0.227 e. The molecule has 182 valence electrons. The van der Waals surface area contributed by atoms with E-state index in [1.807, 2.05) is 96.3 Å². The van der Waals surface area contributed by atoms with E-state index in [2.05, 4.69) is 0 Å². The van der Waals surface area contributed by atoms with E-state index in [0.29, 0.717) is 24.3 Å². The van der Waals surface area contributed by atoms with Crippen LogP contribution in [-0.2, 0) is 13.1 Å². The Morgan fingerprint density at radius 2 is 0.889 bits per heavy atom. The SMILES string of the molecule is CCOc1ccc(C(=O)C[n+]2ccc(-c3cc[n+](CC(=O)c4ccc(OCC)cc4)cc3)cc2)cc1. The van der Waals surface area contributed by atoms with Crippen LogP contribution in [0.2, 0.25) is 0 Å². The minimum atomic E-state index is 0.0359. The summed E-state index contributed by atoms with van der Waals surface area (Å²) in [5.41, 5.74) is 3.37. The number of ketones is 2. The van der Waals surface area contributed by atoms with Gasteiger partial charge in [-0.3, -0.25) is 9.59 Å². The van der Waals surface area contributed by atoms with Crippen molar-refractivity contribution in [1.82, 2.24) is 0 Å². The van der Waals surface area contributed by atoms with Crippen molar-refractivity contribution in [2.75, 3.05) is 13.2 Å². The van der Waals surface area contributed by atoms with E-state index in [-0.39, 0.29) is 24.7 Å². The minimum Gasteiger partial charge on any atom is -0.494 e. The molecule has 0 unspecified atom stereocenters. The summed E-state index contributed by atoms with van der Waals surface area (Å²) in [6, 6.07) is 22.4. The molecule has 0 aliphatic rings. The van der Waals surface area contributed by atoms with Crippen LogP contribution in [0, 0.1) is 0 Å². The molecule has 0 fully saturated rings. The van der Waals surface area contributed by atoms with Gasteiger partial charge in [-0.2, -0.15) is 9.13 Å². The van der Waals surface area contributed by atoms with Crippen molar-refractivity contribution in [3.8, 4) is 22.6 Å². The van der Waals surface area contributed by atoms with Crippen LogP contribution in [0.4, 0.5) is 0 Å². The van der Waals surface area contributed by atoms with Gasteiger partial charge in [0.1, 0.15) is 11.5 Å². The summed E-state index contributed by atoms with van der Waals surface area (Å²) in [6.45, 7) is 5.57. The summed E-state index contributed by atoms with van der Waals surface area (Å²) in [5.74, 6) is 1.59. The Bertz CT molecular complexity index is 1190. The second-order valence-electron chi connectivity index (χ2n) is 8.28. The van der Waals surface area contributed by atoms with Crippen molar-refractivity contribution < 1.29 is 28.2 Å². The lowest BCUT2D eigenvalue weighted by Gasteiger charge is -2.04. The largest absolute Gasteiger partial charge is 0.494 e. The molecule has 0 atom stereocenters. The monoisotopic (exact) mass is 482 g/mol. The van der Waals surface area contributed by atoms with E-state index in [0.717, 1.165) is 22.6 Å². The fraction of sp³-hybridized carbons (Fsp3) is 0.200. The molecule has 0 amide bonds. The van der Waals surface area contributed by atoms with Gasteiger partial charge in [0.25, 0.3) is 0 Å². The van der Waals surface area contributed by atoms with Gasteiger partial charge in [-0.15, -0.1) is 0 Å². The number of pyridine rings is 2. The number of ether oxygens (including phenoxy) is 2. The second-order valence-corrected chi connectivity index (χ2v) is 8.28. The van der Waals surface area contributed by atoms with Gasteiger partial charge in [-0.1, -0.05) is 0 Å². The lowest BCUT2D eigenvalue weighted by Crippen LogP contribution is -2.37. The van der Waals surface area contributed by atoms with E-state index in [1.54, 1.807) is 24.3 Å². The van der Waals surface area contributed by atoms with Crippen LogP contribution in [0.15, 0.2) is 97.6 Å². The average Bonchev–Trinajstić information content (AvgIpc) is 2.91. The number of hydrogen-bond donors (Lipinski definition) is 0. The minimum absolute atomic E-state index is 0.0359. The molecule has 36 heavy (non-hydrogen) atoms. The lowest BCUT2D eigenvalue weighted by atomic mass is 10.1. The third-order valence-electron chi connectivity index (χ3n) is 5.74. The quantitative estimate of drug-likeness (QED) is 0.233. The van der Waals surface area contributed by atoms with Crippen LogP contribution in [0.3, 0.4) is 0 Å². The van der Waals surface area contributed by atoms with Gasteiger partial charge >= 0.3 is 0 Å². The normalized spacial score (nSPS) is 10.6. The Morgan fingerprint density at radius 3 is 1.19 bits per heavy atom. The summed E-state index contributed by atoms with van der Waals surface area (Å²) in [6.07, 6.45) is 7.60. The first-order valence-corrected chi connectivity index (χ1v) is 12.1. The van der Waals surface area contributed by atoms with E-state index in [1.165, 1.54) is 0 Å². The number of rotatable bonds is 11. The Balaban J connectivity index is 1.35. The highest BCUT2D eigenvalue weighted by atomic mass is 16.5. The predicted octanol–water partition coefficient (Wildman–Crippen LogP) is 4.49. The van der Waals surface area contributed by atoms with Gasteiger partial charge in [-0.05, 0) is 73.5 Å². The Hall–Kier alpha value is -4.32. The number of carbonyl (C=O) groups excluding carboxylic acids is 2. The van der Waals surface area contributed by atoms with Crippen LogP contribution in [0.1, 0.15) is 34.6 Å². The first kappa shape index (κ1) is 24.8. The van der Waals surface area contributed by atoms with Gasteiger partial charge in [-0.25, -0.2) is 0 Å². The molecule has 0 N–H and O–H groups in total. The Labute approximate surface area is 211 Å². The first-order valence-electron chi connectivity index (χ1n) is 12.1. The van der Waals surface area contributed by atoms with Gasteiger partial charge < -0.3 is 9.47 Å². The number of carbonyl (C=O) groups is 2. The fourth-order valence-corrected chi connectivity index (χ4v) is 3.83. The maximum absolute atomic E-state index is 12.6. The van der Waals surface area contributed by atoms with Crippen molar-refractivity contribution >= 4 is 11.6 Å². The predicted molar refractivity (Wildman–Crippen MR) is 136 cm³/mol. The smallest absolute Gasteiger partial charge is 0.227 e. The summed E-state index contributed by atoms with van der Waals surface area (Å²) < 4.78 is 14.6. The number of Topliss-reactive ketones (excluding diaryl/α,β-unsaturated/α-hetero) is 2. The molecule has 6 heteroatoms. The van der Waals surface area contributed by atoms with E-state index >= 15 is 0 Å². The highest BCUT2D eigenvalue weighted by Gasteiger charge is 2.15. The molecule has 0 aliphatic carbocycles. The zero-order chi connectivity index (χ0) is 25.3. The summed E-state index contributed by atoms with van der Waals surface area (Å²) in [7, 11) is 0. The molecule has 0 saturated carbocycles. The standard InChI is InChI=1S/C30H30N2O4/c1-3-35-27-9-5-25(6-10-27)29(33)21-31-17-13-23(14-18-31)24-15-19-32(20-16-24)22-30(34)26-7-11-28(12-8-26)36-4-2/h5-20H,3-4,21-22H2,1-2H3/q+2. The van der Waals surface area contributed by atoms with Crippen molar-refractivity contribution in [3.05, 3.63) is 109 Å². The van der Waals surface area contributed by atoms with Gasteiger partial charge in [0.2, 0.25) is 24.7 Å². The fourth-order valence-electron chi connectivity index (χ4n) is 3.83. The molecule has 2 aromatic heterocycles. The van der Waals surface area contributed by atoms with Crippen LogP contribution in [-0.4, -0.2) is 24.8 Å². The van der Waals surface area contributed by atoms with Crippen LogP contribution < -0.4 is 18.6 Å². The molecule has 4 aromatic rings. The Kier molecular flexibility index (Phi) is 8.19. The van der Waals surface area contributed by atoms with Gasteiger partial charge in [0.05, 0.1) is 13.2 Å². The number of hydrogen-bond acceptors (Lipinski definition) is 4. The van der Waals surface area contributed by atoms with E-state index in [4.69, 9.17) is 9.47 Å². The van der Waals surface area contributed by atoms with Crippen LogP contribution >= 0.6 is 0 Å². The van der Waals surface area contributed by atoms with E-state index < -0.39 is 0 Å².